The smallest absolute Gasteiger partial charge is 0.177 e. The number of aryl methyl sites for hydroxylation is 1. The van der Waals surface area contributed by atoms with E-state index < -0.39 is 0 Å². The lowest BCUT2D eigenvalue weighted by molar-refractivity contribution is 0.780. The average molecular weight is 177 g/mol. The Morgan fingerprint density at radius 2 is 2.23 bits per heavy atom. The first-order valence-corrected chi connectivity index (χ1v) is 4.19. The van der Waals surface area contributed by atoms with Crippen molar-refractivity contribution < 1.29 is 0 Å². The van der Waals surface area contributed by atoms with Crippen LogP contribution in [0.25, 0.3) is 5.65 Å². The topological polar surface area (TPSA) is 69.1 Å². The minimum absolute atomic E-state index is 0.566. The third kappa shape index (κ3) is 1.38. The van der Waals surface area contributed by atoms with Crippen molar-refractivity contribution in [2.24, 2.45) is 5.73 Å². The van der Waals surface area contributed by atoms with Crippen LogP contribution in [0, 0.1) is 6.92 Å². The fraction of sp³-hybridized carbons (Fsp3) is 0.375. The quantitative estimate of drug-likeness (QED) is 0.697. The van der Waals surface area contributed by atoms with Gasteiger partial charge in [0.25, 0.3) is 0 Å². The minimum Gasteiger partial charge on any atom is -0.330 e. The van der Waals surface area contributed by atoms with Gasteiger partial charge in [0.2, 0.25) is 0 Å². The summed E-state index contributed by atoms with van der Waals surface area (Å²) in [7, 11) is 0. The van der Waals surface area contributed by atoms with Gasteiger partial charge in [-0.25, -0.2) is 0 Å². The second-order valence-corrected chi connectivity index (χ2v) is 2.90. The van der Waals surface area contributed by atoms with E-state index in [1.54, 1.807) is 4.52 Å². The Labute approximate surface area is 75.6 Å². The van der Waals surface area contributed by atoms with E-state index in [2.05, 4.69) is 15.3 Å². The summed E-state index contributed by atoms with van der Waals surface area (Å²) in [6, 6.07) is 3.81. The molecule has 0 amide bonds. The van der Waals surface area contributed by atoms with Gasteiger partial charge in [0.15, 0.2) is 11.5 Å². The highest BCUT2D eigenvalue weighted by atomic mass is 15.4. The number of rotatable bonds is 2. The van der Waals surface area contributed by atoms with E-state index >= 15 is 0 Å². The minimum atomic E-state index is 0.566. The molecule has 0 spiro atoms. The Morgan fingerprint density at radius 3 is 3.00 bits per heavy atom. The summed E-state index contributed by atoms with van der Waals surface area (Å²) < 4.78 is 1.74. The second-order valence-electron chi connectivity index (χ2n) is 2.90. The zero-order valence-electron chi connectivity index (χ0n) is 7.44. The number of nitrogens with zero attached hydrogens (tertiary/aromatic N) is 4. The highest BCUT2D eigenvalue weighted by Gasteiger charge is 2.04. The van der Waals surface area contributed by atoms with E-state index in [-0.39, 0.29) is 0 Å². The van der Waals surface area contributed by atoms with Crippen LogP contribution >= 0.6 is 0 Å². The molecule has 0 fully saturated rings. The van der Waals surface area contributed by atoms with Crippen molar-refractivity contribution in [1.82, 2.24) is 19.8 Å². The molecule has 0 aromatic carbocycles. The maximum absolute atomic E-state index is 5.44. The number of hydrogen-bond acceptors (Lipinski definition) is 4. The molecular formula is C8H11N5. The third-order valence-electron chi connectivity index (χ3n) is 1.83. The number of nitrogens with two attached hydrogens (primary N) is 1. The molecular weight excluding hydrogens is 166 g/mol. The van der Waals surface area contributed by atoms with Crippen LogP contribution in [-0.4, -0.2) is 26.4 Å². The van der Waals surface area contributed by atoms with Crippen LogP contribution in [-0.2, 0) is 6.42 Å². The maximum Gasteiger partial charge on any atom is 0.177 e. The second kappa shape index (κ2) is 3.10. The molecule has 0 unspecified atom stereocenters. The fourth-order valence-electron chi connectivity index (χ4n) is 1.21. The van der Waals surface area contributed by atoms with Crippen LogP contribution < -0.4 is 5.73 Å². The first-order valence-electron chi connectivity index (χ1n) is 4.19. The molecule has 0 aliphatic rings. The van der Waals surface area contributed by atoms with Crippen LogP contribution in [0.1, 0.15) is 11.5 Å². The lowest BCUT2D eigenvalue weighted by Crippen LogP contribution is -2.08. The molecule has 0 aliphatic carbocycles. The first-order chi connectivity index (χ1) is 6.31. The van der Waals surface area contributed by atoms with Gasteiger partial charge in [0.05, 0.1) is 5.69 Å². The molecule has 0 aliphatic heterocycles. The standard InChI is InChI=1S/C8H11N5/c1-6-2-3-7-10-11-8(4-5-9)13(7)12-6/h2-3H,4-5,9H2,1H3. The molecule has 0 saturated heterocycles. The van der Waals surface area contributed by atoms with E-state index in [9.17, 15) is 0 Å². The van der Waals surface area contributed by atoms with Gasteiger partial charge in [0.1, 0.15) is 0 Å². The number of hydrogen-bond donors (Lipinski definition) is 1. The molecule has 13 heavy (non-hydrogen) atoms. The summed E-state index contributed by atoms with van der Waals surface area (Å²) in [5.41, 5.74) is 7.16. The zero-order chi connectivity index (χ0) is 9.26. The van der Waals surface area contributed by atoms with Gasteiger partial charge in [0, 0.05) is 6.42 Å². The SMILES string of the molecule is Cc1ccc2nnc(CCN)n2n1. The van der Waals surface area contributed by atoms with Crippen molar-refractivity contribution in [3.63, 3.8) is 0 Å². The molecule has 2 aromatic rings. The Bertz CT molecular complexity index is 419. The summed E-state index contributed by atoms with van der Waals surface area (Å²) >= 11 is 0. The highest BCUT2D eigenvalue weighted by molar-refractivity contribution is 5.35. The van der Waals surface area contributed by atoms with Gasteiger partial charge in [-0.05, 0) is 25.6 Å². The Morgan fingerprint density at radius 1 is 1.38 bits per heavy atom. The molecule has 2 rings (SSSR count). The lowest BCUT2D eigenvalue weighted by atomic mass is 10.4. The van der Waals surface area contributed by atoms with Crippen LogP contribution in [0.3, 0.4) is 0 Å². The van der Waals surface area contributed by atoms with Crippen molar-refractivity contribution in [1.29, 1.82) is 0 Å². The lowest BCUT2D eigenvalue weighted by Gasteiger charge is -1.96. The van der Waals surface area contributed by atoms with Crippen molar-refractivity contribution in [3.05, 3.63) is 23.7 Å². The highest BCUT2D eigenvalue weighted by Crippen LogP contribution is 2.02. The molecule has 0 saturated carbocycles. The van der Waals surface area contributed by atoms with E-state index in [1.165, 1.54) is 0 Å². The van der Waals surface area contributed by atoms with E-state index in [0.29, 0.717) is 13.0 Å². The predicted molar refractivity (Wildman–Crippen MR) is 48.3 cm³/mol. The van der Waals surface area contributed by atoms with Gasteiger partial charge in [-0.1, -0.05) is 0 Å². The largest absolute Gasteiger partial charge is 0.330 e. The van der Waals surface area contributed by atoms with Crippen LogP contribution in [0.4, 0.5) is 0 Å². The molecule has 68 valence electrons. The van der Waals surface area contributed by atoms with E-state index in [0.717, 1.165) is 17.2 Å². The van der Waals surface area contributed by atoms with Crippen molar-refractivity contribution in [3.8, 4) is 0 Å². The Hall–Kier alpha value is -1.49. The monoisotopic (exact) mass is 177 g/mol. The van der Waals surface area contributed by atoms with Crippen LogP contribution in [0.2, 0.25) is 0 Å². The van der Waals surface area contributed by atoms with Gasteiger partial charge in [-0.15, -0.1) is 10.2 Å². The molecule has 0 radical (unpaired) electrons. The summed E-state index contributed by atoms with van der Waals surface area (Å²) in [5, 5.41) is 12.3. The van der Waals surface area contributed by atoms with Gasteiger partial charge < -0.3 is 5.73 Å². The average Bonchev–Trinajstić information content (AvgIpc) is 2.49. The Balaban J connectivity index is 2.58. The summed E-state index contributed by atoms with van der Waals surface area (Å²) in [6.07, 6.45) is 0.706. The number of fused-ring (bicyclic) bond motifs is 1. The number of aromatic nitrogens is 4. The molecule has 0 atom stereocenters. The van der Waals surface area contributed by atoms with Crippen LogP contribution in [0.5, 0.6) is 0 Å². The molecule has 5 heteroatoms. The van der Waals surface area contributed by atoms with Crippen molar-refractivity contribution in [2.75, 3.05) is 6.54 Å². The molecule has 2 aromatic heterocycles. The normalized spacial score (nSPS) is 10.9. The van der Waals surface area contributed by atoms with Crippen molar-refractivity contribution >= 4 is 5.65 Å². The van der Waals surface area contributed by atoms with Gasteiger partial charge >= 0.3 is 0 Å². The zero-order valence-corrected chi connectivity index (χ0v) is 7.44. The van der Waals surface area contributed by atoms with E-state index in [4.69, 9.17) is 5.73 Å². The molecule has 0 bridgehead atoms. The van der Waals surface area contributed by atoms with Crippen LogP contribution in [0.15, 0.2) is 12.1 Å². The third-order valence-corrected chi connectivity index (χ3v) is 1.83. The van der Waals surface area contributed by atoms with E-state index in [1.807, 2.05) is 19.1 Å². The maximum atomic E-state index is 5.44. The molecule has 2 N–H and O–H groups in total. The van der Waals surface area contributed by atoms with Crippen molar-refractivity contribution in [2.45, 2.75) is 13.3 Å². The molecule has 2 heterocycles. The van der Waals surface area contributed by atoms with Gasteiger partial charge in [-0.2, -0.15) is 9.61 Å². The molecule has 5 nitrogen and oxygen atoms in total. The summed E-state index contributed by atoms with van der Waals surface area (Å²) in [6.45, 7) is 2.50. The summed E-state index contributed by atoms with van der Waals surface area (Å²) in [5.74, 6) is 0.821. The first kappa shape index (κ1) is 8.12. The Kier molecular flexibility index (Phi) is 1.94. The van der Waals surface area contributed by atoms with Gasteiger partial charge in [-0.3, -0.25) is 0 Å². The fourth-order valence-corrected chi connectivity index (χ4v) is 1.21. The predicted octanol–water partition coefficient (Wildman–Crippen LogP) is -0.0661. The summed E-state index contributed by atoms with van der Waals surface area (Å²) in [4.78, 5) is 0.